The van der Waals surface area contributed by atoms with Gasteiger partial charge in [-0.2, -0.15) is 5.26 Å². The van der Waals surface area contributed by atoms with Crippen molar-refractivity contribution in [3.8, 4) is 11.8 Å². The Morgan fingerprint density at radius 2 is 1.92 bits per heavy atom. The number of aryl methyl sites for hydroxylation is 1. The predicted octanol–water partition coefficient (Wildman–Crippen LogP) is 3.50. The van der Waals surface area contributed by atoms with Gasteiger partial charge in [-0.3, -0.25) is 4.79 Å². The van der Waals surface area contributed by atoms with Gasteiger partial charge in [-0.15, -0.1) is 11.8 Å². The van der Waals surface area contributed by atoms with Crippen molar-refractivity contribution in [3.63, 3.8) is 0 Å². The smallest absolute Gasteiger partial charge is 0.269 e. The van der Waals surface area contributed by atoms with Crippen LogP contribution in [0.1, 0.15) is 25.1 Å². The quantitative estimate of drug-likeness (QED) is 0.713. The van der Waals surface area contributed by atoms with E-state index in [1.807, 2.05) is 50.4 Å². The fraction of sp³-hybridized carbons (Fsp3) is 0.263. The van der Waals surface area contributed by atoms with Crippen LogP contribution in [0.25, 0.3) is 16.6 Å². The van der Waals surface area contributed by atoms with E-state index in [0.717, 1.165) is 0 Å². The first-order chi connectivity index (χ1) is 12.5. The van der Waals surface area contributed by atoms with E-state index in [2.05, 4.69) is 21.4 Å². The molecule has 0 atom stereocenters. The number of nitrogens with one attached hydrogen (secondary N) is 1. The van der Waals surface area contributed by atoms with Crippen molar-refractivity contribution in [2.45, 2.75) is 31.8 Å². The molecule has 0 aliphatic rings. The lowest BCUT2D eigenvalue weighted by atomic mass is 10.1. The van der Waals surface area contributed by atoms with Crippen molar-refractivity contribution in [1.82, 2.24) is 14.5 Å². The lowest BCUT2D eigenvalue weighted by Crippen LogP contribution is -2.27. The minimum absolute atomic E-state index is 0.0720. The highest BCUT2D eigenvalue weighted by atomic mass is 32.2. The summed E-state index contributed by atoms with van der Waals surface area (Å²) < 4.78 is 1.54. The summed E-state index contributed by atoms with van der Waals surface area (Å²) in [6, 6.07) is 11.6. The number of pyridine rings is 1. The number of rotatable bonds is 4. The van der Waals surface area contributed by atoms with E-state index in [1.165, 1.54) is 16.3 Å². The Morgan fingerprint density at radius 3 is 2.50 bits per heavy atom. The number of anilines is 1. The van der Waals surface area contributed by atoms with Crippen molar-refractivity contribution in [2.75, 3.05) is 11.6 Å². The van der Waals surface area contributed by atoms with Crippen molar-refractivity contribution in [1.29, 1.82) is 5.26 Å². The van der Waals surface area contributed by atoms with E-state index in [4.69, 9.17) is 0 Å². The number of fused-ring (bicyclic) bond motifs is 1. The molecule has 26 heavy (non-hydrogen) atoms. The SMILES string of the molecule is CSc1nc(C)c2c(=O)n(-c3ccccc3)c(NC(C)C)nc2c1C#N. The molecule has 0 fully saturated rings. The van der Waals surface area contributed by atoms with Gasteiger partial charge in [0.25, 0.3) is 5.56 Å². The lowest BCUT2D eigenvalue weighted by molar-refractivity contribution is 0.843. The topological polar surface area (TPSA) is 83.6 Å². The van der Waals surface area contributed by atoms with E-state index in [-0.39, 0.29) is 11.6 Å². The average molecular weight is 365 g/mol. The van der Waals surface area contributed by atoms with Gasteiger partial charge in [-0.05, 0) is 39.2 Å². The van der Waals surface area contributed by atoms with Crippen LogP contribution >= 0.6 is 11.8 Å². The number of hydrogen-bond acceptors (Lipinski definition) is 6. The number of nitriles is 1. The van der Waals surface area contributed by atoms with Gasteiger partial charge in [-0.25, -0.2) is 14.5 Å². The minimum Gasteiger partial charge on any atom is -0.353 e. The minimum atomic E-state index is -0.237. The molecule has 6 nitrogen and oxygen atoms in total. The Balaban J connectivity index is 2.49. The first-order valence-electron chi connectivity index (χ1n) is 8.21. The van der Waals surface area contributed by atoms with E-state index in [9.17, 15) is 10.1 Å². The van der Waals surface area contributed by atoms with Crippen LogP contribution in [0.2, 0.25) is 0 Å². The van der Waals surface area contributed by atoms with Crippen molar-refractivity contribution >= 4 is 28.6 Å². The zero-order valence-corrected chi connectivity index (χ0v) is 15.9. The van der Waals surface area contributed by atoms with Gasteiger partial charge in [0.2, 0.25) is 5.95 Å². The van der Waals surface area contributed by atoms with Gasteiger partial charge in [0.05, 0.1) is 16.8 Å². The molecule has 132 valence electrons. The van der Waals surface area contributed by atoms with Crippen LogP contribution in [0.15, 0.2) is 40.2 Å². The molecule has 1 N–H and O–H groups in total. The maximum absolute atomic E-state index is 13.3. The van der Waals surface area contributed by atoms with Gasteiger partial charge in [0.15, 0.2) is 0 Å². The molecule has 2 aromatic heterocycles. The Kier molecular flexibility index (Phi) is 4.96. The second-order valence-corrected chi connectivity index (χ2v) is 6.92. The molecule has 0 aliphatic heterocycles. The standard InChI is InChI=1S/C19H19N5OS/c1-11(2)21-19-23-16-14(10-20)17(26-4)22-12(3)15(16)18(25)24(19)13-8-6-5-7-9-13/h5-9,11H,1-4H3,(H,21,23). The third kappa shape index (κ3) is 3.04. The summed E-state index contributed by atoms with van der Waals surface area (Å²) in [6.07, 6.45) is 1.85. The van der Waals surface area contributed by atoms with Gasteiger partial charge >= 0.3 is 0 Å². The molecular formula is C19H19N5OS. The van der Waals surface area contributed by atoms with Crippen molar-refractivity contribution < 1.29 is 0 Å². The highest BCUT2D eigenvalue weighted by Crippen LogP contribution is 2.27. The number of aromatic nitrogens is 3. The Hall–Kier alpha value is -2.85. The van der Waals surface area contributed by atoms with Crippen LogP contribution < -0.4 is 10.9 Å². The monoisotopic (exact) mass is 365 g/mol. The normalized spacial score (nSPS) is 10.9. The summed E-state index contributed by atoms with van der Waals surface area (Å²) in [5, 5.41) is 13.8. The van der Waals surface area contributed by atoms with Gasteiger partial charge in [-0.1, -0.05) is 18.2 Å². The first kappa shape index (κ1) is 18.0. The van der Waals surface area contributed by atoms with Gasteiger partial charge in [0.1, 0.15) is 22.2 Å². The molecule has 0 saturated heterocycles. The summed E-state index contributed by atoms with van der Waals surface area (Å²) >= 11 is 1.37. The molecule has 2 heterocycles. The fourth-order valence-corrected chi connectivity index (χ4v) is 3.39. The van der Waals surface area contributed by atoms with Crippen molar-refractivity contribution in [2.24, 2.45) is 0 Å². The number of thioether (sulfide) groups is 1. The number of hydrogen-bond donors (Lipinski definition) is 1. The first-order valence-corrected chi connectivity index (χ1v) is 9.43. The summed E-state index contributed by atoms with van der Waals surface area (Å²) in [5.74, 6) is 0.415. The largest absolute Gasteiger partial charge is 0.353 e. The molecule has 0 spiro atoms. The highest BCUT2D eigenvalue weighted by molar-refractivity contribution is 7.98. The molecule has 7 heteroatoms. The van der Waals surface area contributed by atoms with E-state index >= 15 is 0 Å². The van der Waals surface area contributed by atoms with Gasteiger partial charge in [0, 0.05) is 6.04 Å². The van der Waals surface area contributed by atoms with Crippen LogP contribution in [-0.4, -0.2) is 26.8 Å². The summed E-state index contributed by atoms with van der Waals surface area (Å²) in [6.45, 7) is 5.72. The zero-order valence-electron chi connectivity index (χ0n) is 15.1. The summed E-state index contributed by atoms with van der Waals surface area (Å²) in [5.41, 5.74) is 1.77. The average Bonchev–Trinajstić information content (AvgIpc) is 2.61. The van der Waals surface area contributed by atoms with E-state index in [1.54, 1.807) is 6.92 Å². The third-order valence-corrected chi connectivity index (χ3v) is 4.58. The molecule has 3 aromatic rings. The highest BCUT2D eigenvalue weighted by Gasteiger charge is 2.20. The zero-order chi connectivity index (χ0) is 18.8. The van der Waals surface area contributed by atoms with Crippen molar-refractivity contribution in [3.05, 3.63) is 51.9 Å². The second-order valence-electron chi connectivity index (χ2n) is 6.13. The predicted molar refractivity (Wildman–Crippen MR) is 105 cm³/mol. The van der Waals surface area contributed by atoms with Crippen LogP contribution in [0.4, 0.5) is 5.95 Å². The molecule has 0 unspecified atom stereocenters. The number of benzene rings is 1. The maximum atomic E-state index is 13.3. The molecular weight excluding hydrogens is 346 g/mol. The number of para-hydroxylation sites is 1. The summed E-state index contributed by atoms with van der Waals surface area (Å²) in [4.78, 5) is 22.5. The van der Waals surface area contributed by atoms with E-state index < -0.39 is 0 Å². The third-order valence-electron chi connectivity index (χ3n) is 3.90. The molecule has 0 radical (unpaired) electrons. The maximum Gasteiger partial charge on any atom is 0.269 e. The summed E-state index contributed by atoms with van der Waals surface area (Å²) in [7, 11) is 0. The van der Waals surface area contributed by atoms with Crippen LogP contribution in [0.5, 0.6) is 0 Å². The molecule has 1 aromatic carbocycles. The number of nitrogens with zero attached hydrogens (tertiary/aromatic N) is 4. The fourth-order valence-electron chi connectivity index (χ4n) is 2.81. The Bertz CT molecular complexity index is 1070. The van der Waals surface area contributed by atoms with Crippen LogP contribution in [0, 0.1) is 18.3 Å². The van der Waals surface area contributed by atoms with Crippen LogP contribution in [-0.2, 0) is 0 Å². The second kappa shape index (κ2) is 7.18. The molecule has 0 aliphatic carbocycles. The molecule has 3 rings (SSSR count). The van der Waals surface area contributed by atoms with Gasteiger partial charge < -0.3 is 5.32 Å². The molecule has 0 saturated carbocycles. The Morgan fingerprint density at radius 1 is 1.23 bits per heavy atom. The molecule has 0 amide bonds. The molecule has 0 bridgehead atoms. The lowest BCUT2D eigenvalue weighted by Gasteiger charge is -2.18. The van der Waals surface area contributed by atoms with Crippen LogP contribution in [0.3, 0.4) is 0 Å². The Labute approximate surface area is 155 Å². The van der Waals surface area contributed by atoms with E-state index in [0.29, 0.717) is 38.8 Å².